The normalized spacial score (nSPS) is 22.3. The molecule has 3 aliphatic heterocycles. The van der Waals surface area contributed by atoms with Crippen molar-refractivity contribution in [3.05, 3.63) is 60.2 Å². The first-order valence-electron chi connectivity index (χ1n) is 13.2. The number of nitrogens with zero attached hydrogens (tertiary/aromatic N) is 3. The zero-order chi connectivity index (χ0) is 24.5. The van der Waals surface area contributed by atoms with E-state index >= 15 is 0 Å². The Bertz CT molecular complexity index is 1210. The molecule has 3 heterocycles. The monoisotopic (exact) mass is 486 g/mol. The summed E-state index contributed by atoms with van der Waals surface area (Å²) in [5, 5.41) is 7.68. The van der Waals surface area contributed by atoms with Crippen LogP contribution in [0.1, 0.15) is 23.2 Å². The fraction of sp³-hybridized carbons (Fsp3) is 0.448. The Balaban J connectivity index is 1.15. The zero-order valence-corrected chi connectivity index (χ0v) is 20.7. The van der Waals surface area contributed by atoms with Crippen molar-refractivity contribution in [2.75, 3.05) is 59.0 Å². The van der Waals surface area contributed by atoms with Crippen LogP contribution in [0.15, 0.2) is 54.6 Å². The van der Waals surface area contributed by atoms with Crippen LogP contribution < -0.4 is 5.32 Å². The number of morpholine rings is 1. The molecule has 0 radical (unpaired) electrons. The summed E-state index contributed by atoms with van der Waals surface area (Å²) in [7, 11) is 0. The highest BCUT2D eigenvalue weighted by molar-refractivity contribution is 6.18. The molecular formula is C29H34N4O3. The number of hydrogen-bond donors (Lipinski definition) is 1. The minimum atomic E-state index is -0.154. The maximum absolute atomic E-state index is 13.9. The summed E-state index contributed by atoms with van der Waals surface area (Å²) >= 11 is 0. The second-order valence-corrected chi connectivity index (χ2v) is 10.2. The highest BCUT2D eigenvalue weighted by Crippen LogP contribution is 2.30. The van der Waals surface area contributed by atoms with Crippen molar-refractivity contribution >= 4 is 33.4 Å². The van der Waals surface area contributed by atoms with E-state index in [0.29, 0.717) is 32.3 Å². The molecule has 0 bridgehead atoms. The molecule has 0 saturated carbocycles. The number of amides is 2. The Kier molecular flexibility index (Phi) is 6.61. The van der Waals surface area contributed by atoms with Gasteiger partial charge in [0.15, 0.2) is 0 Å². The molecule has 6 rings (SSSR count). The number of nitrogens with one attached hydrogen (secondary N) is 1. The average molecular weight is 487 g/mol. The molecule has 3 aliphatic rings. The Morgan fingerprint density at radius 2 is 1.44 bits per heavy atom. The molecule has 3 aromatic carbocycles. The number of carbonyl (C=O) groups excluding carboxylic acids is 2. The number of hydrogen-bond acceptors (Lipinski definition) is 5. The van der Waals surface area contributed by atoms with E-state index < -0.39 is 0 Å². The lowest BCUT2D eigenvalue weighted by Gasteiger charge is -2.43. The van der Waals surface area contributed by atoms with Crippen molar-refractivity contribution in [3.8, 4) is 0 Å². The minimum absolute atomic E-state index is 0.127. The van der Waals surface area contributed by atoms with Gasteiger partial charge in [0.1, 0.15) is 0 Å². The Labute approximate surface area is 212 Å². The smallest absolute Gasteiger partial charge is 0.255 e. The maximum atomic E-state index is 13.9. The number of ether oxygens (including phenoxy) is 1. The second kappa shape index (κ2) is 10.2. The molecule has 1 unspecified atom stereocenters. The largest absolute Gasteiger partial charge is 0.378 e. The molecule has 1 N–H and O–H groups in total. The molecule has 0 spiro atoms. The van der Waals surface area contributed by atoms with Gasteiger partial charge in [-0.1, -0.05) is 48.5 Å². The number of piperazine rings is 1. The maximum Gasteiger partial charge on any atom is 0.255 e. The lowest BCUT2D eigenvalue weighted by molar-refractivity contribution is -0.139. The summed E-state index contributed by atoms with van der Waals surface area (Å²) in [6, 6.07) is 18.8. The first-order valence-corrected chi connectivity index (χ1v) is 13.2. The number of rotatable bonds is 3. The molecule has 3 saturated heterocycles. The van der Waals surface area contributed by atoms with Gasteiger partial charge in [0.2, 0.25) is 5.91 Å². The van der Waals surface area contributed by atoms with Crippen LogP contribution in [-0.2, 0) is 9.53 Å². The van der Waals surface area contributed by atoms with Crippen LogP contribution >= 0.6 is 0 Å². The standard InChI is InChI=1S/C29H34N4O3/c34-28(32-15-17-36-18-16-32)26-20-33(14-11-30-26)23-9-12-31(13-10-23)29(35)27-24-7-3-1-5-21(24)19-22-6-2-4-8-25(22)27/h1-8,19,23,26,30H,9-18,20H2. The quantitative estimate of drug-likeness (QED) is 0.577. The van der Waals surface area contributed by atoms with Crippen LogP contribution in [0.4, 0.5) is 0 Å². The van der Waals surface area contributed by atoms with E-state index in [2.05, 4.69) is 40.5 Å². The summed E-state index contributed by atoms with van der Waals surface area (Å²) in [6.07, 6.45) is 1.87. The Morgan fingerprint density at radius 3 is 2.11 bits per heavy atom. The van der Waals surface area contributed by atoms with Crippen molar-refractivity contribution < 1.29 is 14.3 Å². The molecule has 1 atom stereocenters. The van der Waals surface area contributed by atoms with E-state index in [1.165, 1.54) is 0 Å². The lowest BCUT2D eigenvalue weighted by atomic mass is 9.94. The van der Waals surface area contributed by atoms with Gasteiger partial charge >= 0.3 is 0 Å². The molecule has 7 heteroatoms. The van der Waals surface area contributed by atoms with Crippen LogP contribution in [0.25, 0.3) is 21.5 Å². The summed E-state index contributed by atoms with van der Waals surface area (Å²) in [6.45, 7) is 6.60. The van der Waals surface area contributed by atoms with E-state index in [4.69, 9.17) is 4.74 Å². The topological polar surface area (TPSA) is 65.1 Å². The molecular weight excluding hydrogens is 452 g/mol. The number of carbonyl (C=O) groups is 2. The number of likely N-dealkylation sites (tertiary alicyclic amines) is 1. The third-order valence-corrected chi connectivity index (χ3v) is 8.08. The summed E-state index contributed by atoms with van der Waals surface area (Å²) in [5.41, 5.74) is 0.820. The second-order valence-electron chi connectivity index (χ2n) is 10.2. The molecule has 2 amide bonds. The summed E-state index contributed by atoms with van der Waals surface area (Å²) in [5.74, 6) is 0.320. The van der Waals surface area contributed by atoms with Gasteiger partial charge in [0.05, 0.1) is 24.8 Å². The Morgan fingerprint density at radius 1 is 0.806 bits per heavy atom. The van der Waals surface area contributed by atoms with Crippen molar-refractivity contribution in [3.63, 3.8) is 0 Å². The van der Waals surface area contributed by atoms with Crippen LogP contribution in [0.3, 0.4) is 0 Å². The van der Waals surface area contributed by atoms with Gasteiger partial charge < -0.3 is 19.9 Å². The van der Waals surface area contributed by atoms with Gasteiger partial charge in [-0.25, -0.2) is 0 Å². The Hall–Kier alpha value is -3.00. The highest BCUT2D eigenvalue weighted by atomic mass is 16.5. The predicted octanol–water partition coefficient (Wildman–Crippen LogP) is 2.73. The third-order valence-electron chi connectivity index (χ3n) is 8.08. The van der Waals surface area contributed by atoms with Gasteiger partial charge in [-0.2, -0.15) is 0 Å². The van der Waals surface area contributed by atoms with E-state index in [9.17, 15) is 9.59 Å². The molecule has 3 aromatic rings. The highest BCUT2D eigenvalue weighted by Gasteiger charge is 2.35. The molecule has 0 aliphatic carbocycles. The van der Waals surface area contributed by atoms with Gasteiger partial charge in [-0.15, -0.1) is 0 Å². The molecule has 7 nitrogen and oxygen atoms in total. The predicted molar refractivity (Wildman–Crippen MR) is 141 cm³/mol. The van der Waals surface area contributed by atoms with Crippen molar-refractivity contribution in [1.82, 2.24) is 20.0 Å². The summed E-state index contributed by atoms with van der Waals surface area (Å²) in [4.78, 5) is 33.3. The first kappa shape index (κ1) is 23.4. The first-order chi connectivity index (χ1) is 17.7. The van der Waals surface area contributed by atoms with Gasteiger partial charge in [-0.3, -0.25) is 14.5 Å². The molecule has 188 valence electrons. The van der Waals surface area contributed by atoms with Crippen LogP contribution in [0.5, 0.6) is 0 Å². The van der Waals surface area contributed by atoms with Gasteiger partial charge in [0.25, 0.3) is 5.91 Å². The SMILES string of the molecule is O=C(c1c2ccccc2cc2ccccc12)N1CCC(N2CCNC(C(=O)N3CCOCC3)C2)CC1. The van der Waals surface area contributed by atoms with Crippen LogP contribution in [0.2, 0.25) is 0 Å². The van der Waals surface area contributed by atoms with Crippen molar-refractivity contribution in [1.29, 1.82) is 0 Å². The van der Waals surface area contributed by atoms with Crippen LogP contribution in [0, 0.1) is 0 Å². The zero-order valence-electron chi connectivity index (χ0n) is 20.7. The fourth-order valence-corrected chi connectivity index (χ4v) is 6.11. The summed E-state index contributed by atoms with van der Waals surface area (Å²) < 4.78 is 5.41. The van der Waals surface area contributed by atoms with E-state index in [0.717, 1.165) is 72.7 Å². The van der Waals surface area contributed by atoms with E-state index in [-0.39, 0.29) is 17.9 Å². The van der Waals surface area contributed by atoms with Crippen molar-refractivity contribution in [2.45, 2.75) is 24.9 Å². The lowest BCUT2D eigenvalue weighted by Crippen LogP contribution is -2.61. The molecule has 3 fully saturated rings. The molecule has 36 heavy (non-hydrogen) atoms. The molecule has 0 aromatic heterocycles. The fourth-order valence-electron chi connectivity index (χ4n) is 6.11. The number of piperidine rings is 1. The minimum Gasteiger partial charge on any atom is -0.378 e. The van der Waals surface area contributed by atoms with Crippen LogP contribution in [-0.4, -0.2) is 97.6 Å². The third kappa shape index (κ3) is 4.47. The average Bonchev–Trinajstić information content (AvgIpc) is 2.96. The van der Waals surface area contributed by atoms with Gasteiger partial charge in [-0.05, 0) is 40.5 Å². The number of benzene rings is 3. The number of fused-ring (bicyclic) bond motifs is 2. The van der Waals surface area contributed by atoms with E-state index in [1.807, 2.05) is 34.1 Å². The van der Waals surface area contributed by atoms with E-state index in [1.54, 1.807) is 0 Å². The van der Waals surface area contributed by atoms with Crippen molar-refractivity contribution in [2.24, 2.45) is 0 Å². The van der Waals surface area contributed by atoms with Gasteiger partial charge in [0, 0.05) is 51.9 Å².